The topological polar surface area (TPSA) is 67.9 Å². The van der Waals surface area contributed by atoms with E-state index in [1.165, 1.54) is 0 Å². The predicted octanol–water partition coefficient (Wildman–Crippen LogP) is 0.973. The van der Waals surface area contributed by atoms with Crippen LogP contribution in [0.1, 0.15) is 19.3 Å². The van der Waals surface area contributed by atoms with Crippen LogP contribution in [-0.2, 0) is 10.0 Å². The number of hydrogen-bond acceptors (Lipinski definition) is 5. The molecule has 7 heteroatoms. The van der Waals surface area contributed by atoms with Gasteiger partial charge in [0.1, 0.15) is 18.1 Å². The number of hydrogen-bond donors (Lipinski definition) is 1. The molecule has 0 amide bonds. The molecule has 3 heterocycles. The van der Waals surface area contributed by atoms with E-state index in [-0.39, 0.29) is 17.0 Å². The Morgan fingerprint density at radius 3 is 2.82 bits per heavy atom. The summed E-state index contributed by atoms with van der Waals surface area (Å²) < 4.78 is 39.3. The zero-order chi connectivity index (χ0) is 15.2. The maximum absolute atomic E-state index is 13.2. The lowest BCUT2D eigenvalue weighted by Gasteiger charge is -2.29. The van der Waals surface area contributed by atoms with Gasteiger partial charge in [0.05, 0.1) is 0 Å². The van der Waals surface area contributed by atoms with Gasteiger partial charge in [-0.05, 0) is 37.9 Å². The highest BCUT2D eigenvalue weighted by molar-refractivity contribution is 7.89. The van der Waals surface area contributed by atoms with E-state index in [0.717, 1.165) is 32.4 Å². The Balaban J connectivity index is 1.78. The third kappa shape index (κ3) is 2.19. The SMILES string of the molecule is O=S(=O)(c1cccc2c1OCCO2)N1C2CCNCC1CC2. The van der Waals surface area contributed by atoms with E-state index in [2.05, 4.69) is 5.32 Å². The quantitative estimate of drug-likeness (QED) is 0.878. The molecule has 0 saturated carbocycles. The molecular weight excluding hydrogens is 304 g/mol. The summed E-state index contributed by atoms with van der Waals surface area (Å²) in [4.78, 5) is 0.239. The van der Waals surface area contributed by atoms with Crippen molar-refractivity contribution in [1.29, 1.82) is 0 Å². The van der Waals surface area contributed by atoms with Crippen LogP contribution in [0.25, 0.3) is 0 Å². The summed E-state index contributed by atoms with van der Waals surface area (Å²) in [7, 11) is -3.57. The first-order valence-corrected chi connectivity index (χ1v) is 9.25. The number of nitrogens with zero attached hydrogens (tertiary/aromatic N) is 1. The number of ether oxygens (including phenoxy) is 2. The van der Waals surface area contributed by atoms with Gasteiger partial charge in [0.15, 0.2) is 11.5 Å². The van der Waals surface area contributed by atoms with Gasteiger partial charge in [0.2, 0.25) is 10.0 Å². The summed E-state index contributed by atoms with van der Waals surface area (Å²) >= 11 is 0. The van der Waals surface area contributed by atoms with Crippen molar-refractivity contribution in [3.05, 3.63) is 18.2 Å². The second-order valence-corrected chi connectivity index (χ2v) is 7.80. The largest absolute Gasteiger partial charge is 0.486 e. The molecule has 0 spiro atoms. The van der Waals surface area contributed by atoms with Crippen LogP contribution in [0.3, 0.4) is 0 Å². The number of nitrogens with one attached hydrogen (secondary N) is 1. The van der Waals surface area contributed by atoms with E-state index in [9.17, 15) is 8.42 Å². The van der Waals surface area contributed by atoms with Gasteiger partial charge in [0, 0.05) is 18.6 Å². The first-order valence-electron chi connectivity index (χ1n) is 7.81. The maximum atomic E-state index is 13.2. The molecule has 1 N–H and O–H groups in total. The van der Waals surface area contributed by atoms with Crippen molar-refractivity contribution in [2.24, 2.45) is 0 Å². The molecule has 0 radical (unpaired) electrons. The van der Waals surface area contributed by atoms with Crippen LogP contribution in [0.4, 0.5) is 0 Å². The minimum Gasteiger partial charge on any atom is -0.486 e. The van der Waals surface area contributed by atoms with Gasteiger partial charge in [-0.15, -0.1) is 0 Å². The highest BCUT2D eigenvalue weighted by Gasteiger charge is 2.44. The number of sulfonamides is 1. The van der Waals surface area contributed by atoms with Crippen molar-refractivity contribution < 1.29 is 17.9 Å². The van der Waals surface area contributed by atoms with Crippen LogP contribution >= 0.6 is 0 Å². The predicted molar refractivity (Wildman–Crippen MR) is 80.8 cm³/mol. The Labute approximate surface area is 130 Å². The van der Waals surface area contributed by atoms with E-state index in [0.29, 0.717) is 24.7 Å². The Morgan fingerprint density at radius 2 is 1.91 bits per heavy atom. The molecule has 2 bridgehead atoms. The van der Waals surface area contributed by atoms with Crippen LogP contribution in [0.2, 0.25) is 0 Å². The number of fused-ring (bicyclic) bond motifs is 3. The number of benzene rings is 1. The van der Waals surface area contributed by atoms with Gasteiger partial charge in [-0.2, -0.15) is 4.31 Å². The molecule has 2 saturated heterocycles. The van der Waals surface area contributed by atoms with Gasteiger partial charge in [-0.1, -0.05) is 6.07 Å². The first kappa shape index (κ1) is 14.3. The van der Waals surface area contributed by atoms with E-state index < -0.39 is 10.0 Å². The van der Waals surface area contributed by atoms with Gasteiger partial charge in [0.25, 0.3) is 0 Å². The normalized spacial score (nSPS) is 28.4. The molecule has 120 valence electrons. The summed E-state index contributed by atoms with van der Waals surface area (Å²) in [6.45, 7) is 2.44. The Kier molecular flexibility index (Phi) is 3.51. The molecule has 2 fully saturated rings. The molecule has 22 heavy (non-hydrogen) atoms. The molecule has 3 aliphatic rings. The molecular formula is C15H20N2O4S. The van der Waals surface area contributed by atoms with Crippen LogP contribution in [0, 0.1) is 0 Å². The molecule has 2 atom stereocenters. The summed E-state index contributed by atoms with van der Waals surface area (Å²) in [5.74, 6) is 0.887. The summed E-state index contributed by atoms with van der Waals surface area (Å²) in [6, 6.07) is 5.23. The number of rotatable bonds is 2. The molecule has 0 aromatic heterocycles. The summed E-state index contributed by atoms with van der Waals surface area (Å²) in [6.07, 6.45) is 2.73. The molecule has 3 aliphatic heterocycles. The molecule has 6 nitrogen and oxygen atoms in total. The van der Waals surface area contributed by atoms with Crippen LogP contribution < -0.4 is 14.8 Å². The van der Waals surface area contributed by atoms with E-state index >= 15 is 0 Å². The highest BCUT2D eigenvalue weighted by Crippen LogP contribution is 2.41. The highest BCUT2D eigenvalue weighted by atomic mass is 32.2. The smallest absolute Gasteiger partial charge is 0.247 e. The Hall–Kier alpha value is -1.31. The van der Waals surface area contributed by atoms with Crippen molar-refractivity contribution >= 4 is 10.0 Å². The van der Waals surface area contributed by atoms with Crippen molar-refractivity contribution in [1.82, 2.24) is 9.62 Å². The van der Waals surface area contributed by atoms with Crippen molar-refractivity contribution in [3.63, 3.8) is 0 Å². The van der Waals surface area contributed by atoms with Crippen molar-refractivity contribution in [2.45, 2.75) is 36.2 Å². The monoisotopic (exact) mass is 324 g/mol. The van der Waals surface area contributed by atoms with Gasteiger partial charge < -0.3 is 14.8 Å². The van der Waals surface area contributed by atoms with Gasteiger partial charge >= 0.3 is 0 Å². The summed E-state index contributed by atoms with van der Waals surface area (Å²) in [5.41, 5.74) is 0. The zero-order valence-corrected chi connectivity index (χ0v) is 13.1. The zero-order valence-electron chi connectivity index (χ0n) is 12.3. The van der Waals surface area contributed by atoms with Gasteiger partial charge in [-0.25, -0.2) is 8.42 Å². The van der Waals surface area contributed by atoms with E-state index in [1.54, 1.807) is 22.5 Å². The van der Waals surface area contributed by atoms with Crippen LogP contribution in [0.15, 0.2) is 23.1 Å². The molecule has 0 aliphatic carbocycles. The van der Waals surface area contributed by atoms with Crippen molar-refractivity contribution in [2.75, 3.05) is 26.3 Å². The van der Waals surface area contributed by atoms with E-state index in [4.69, 9.17) is 9.47 Å². The lowest BCUT2D eigenvalue weighted by Crippen LogP contribution is -2.42. The average Bonchev–Trinajstić information content (AvgIpc) is 2.80. The standard InChI is InChI=1S/C15H20N2O4S/c18-22(19,17-11-4-5-12(17)10-16-7-6-11)14-3-1-2-13-15(14)21-9-8-20-13/h1-3,11-12,16H,4-10H2. The van der Waals surface area contributed by atoms with Crippen molar-refractivity contribution in [3.8, 4) is 11.5 Å². The maximum Gasteiger partial charge on any atom is 0.247 e. The van der Waals surface area contributed by atoms with Crippen LogP contribution in [0.5, 0.6) is 11.5 Å². The number of para-hydroxylation sites is 1. The fourth-order valence-electron chi connectivity index (χ4n) is 3.69. The minimum atomic E-state index is -3.57. The third-order valence-electron chi connectivity index (χ3n) is 4.67. The second-order valence-electron chi connectivity index (χ2n) is 5.99. The second kappa shape index (κ2) is 5.40. The lowest BCUT2D eigenvalue weighted by atomic mass is 10.1. The minimum absolute atomic E-state index is 0.0397. The molecule has 1 aromatic carbocycles. The fraction of sp³-hybridized carbons (Fsp3) is 0.600. The Bertz CT molecular complexity index is 662. The fourth-order valence-corrected chi connectivity index (χ4v) is 5.74. The van der Waals surface area contributed by atoms with Gasteiger partial charge in [-0.3, -0.25) is 0 Å². The third-order valence-corrected chi connectivity index (χ3v) is 6.70. The lowest BCUT2D eigenvalue weighted by molar-refractivity contribution is 0.166. The van der Waals surface area contributed by atoms with E-state index in [1.807, 2.05) is 0 Å². The van der Waals surface area contributed by atoms with Crippen LogP contribution in [-0.4, -0.2) is 51.1 Å². The molecule has 1 aromatic rings. The average molecular weight is 324 g/mol. The molecule has 4 rings (SSSR count). The molecule has 2 unspecified atom stereocenters. The summed E-state index contributed by atoms with van der Waals surface area (Å²) in [5, 5.41) is 3.33. The Morgan fingerprint density at radius 1 is 1.09 bits per heavy atom. The first-order chi connectivity index (χ1) is 10.7.